The summed E-state index contributed by atoms with van der Waals surface area (Å²) in [6.07, 6.45) is 0. The highest BCUT2D eigenvalue weighted by Crippen LogP contribution is 2.28. The summed E-state index contributed by atoms with van der Waals surface area (Å²) in [5, 5.41) is 3.64. The number of halogens is 1. The molecule has 0 saturated heterocycles. The first-order chi connectivity index (χ1) is 9.08. The molecule has 1 nitrogen and oxygen atoms in total. The van der Waals surface area contributed by atoms with Crippen molar-refractivity contribution in [1.29, 1.82) is 0 Å². The van der Waals surface area contributed by atoms with Crippen LogP contribution in [-0.4, -0.2) is 0 Å². The molecule has 0 bridgehead atoms. The van der Waals surface area contributed by atoms with Gasteiger partial charge in [0.05, 0.1) is 6.04 Å². The van der Waals surface area contributed by atoms with E-state index in [-0.39, 0.29) is 0 Å². The topological polar surface area (TPSA) is 12.0 Å². The molecule has 100 valence electrons. The van der Waals surface area contributed by atoms with Gasteiger partial charge in [-0.3, -0.25) is 0 Å². The fraction of sp³-hybridized carbons (Fsp3) is 0.294. The lowest BCUT2D eigenvalue weighted by Crippen LogP contribution is -2.16. The fourth-order valence-electron chi connectivity index (χ4n) is 2.21. The van der Waals surface area contributed by atoms with Crippen molar-refractivity contribution in [3.8, 4) is 0 Å². The van der Waals surface area contributed by atoms with Crippen molar-refractivity contribution in [2.75, 3.05) is 5.32 Å². The SMILES string of the molecule is Cc1cc(NC(c2ccccc2)C(C)C)ccc1Br. The zero-order chi connectivity index (χ0) is 13.8. The number of benzene rings is 2. The average Bonchev–Trinajstić information content (AvgIpc) is 2.40. The molecular weight excluding hydrogens is 298 g/mol. The molecule has 0 fully saturated rings. The second kappa shape index (κ2) is 6.25. The second-order valence-corrected chi connectivity index (χ2v) is 6.10. The maximum atomic E-state index is 3.64. The normalized spacial score (nSPS) is 12.5. The second-order valence-electron chi connectivity index (χ2n) is 5.24. The smallest absolute Gasteiger partial charge is 0.0536 e. The van der Waals surface area contributed by atoms with E-state index in [0.717, 1.165) is 4.47 Å². The molecular formula is C17H20BrN. The molecule has 1 atom stereocenters. The zero-order valence-electron chi connectivity index (χ0n) is 11.7. The van der Waals surface area contributed by atoms with Crippen LogP contribution in [0.1, 0.15) is 31.0 Å². The minimum Gasteiger partial charge on any atom is -0.378 e. The van der Waals surface area contributed by atoms with Crippen LogP contribution >= 0.6 is 15.9 Å². The first-order valence-corrected chi connectivity index (χ1v) is 7.45. The highest BCUT2D eigenvalue weighted by molar-refractivity contribution is 9.10. The van der Waals surface area contributed by atoms with Crippen LogP contribution in [0.2, 0.25) is 0 Å². The highest BCUT2D eigenvalue weighted by Gasteiger charge is 2.15. The van der Waals surface area contributed by atoms with Crippen LogP contribution in [0.5, 0.6) is 0 Å². The number of rotatable bonds is 4. The average molecular weight is 318 g/mol. The van der Waals surface area contributed by atoms with E-state index in [2.05, 4.69) is 90.5 Å². The molecule has 0 radical (unpaired) electrons. The Bertz CT molecular complexity index is 534. The molecule has 0 aliphatic rings. The van der Waals surface area contributed by atoms with E-state index in [1.807, 2.05) is 0 Å². The molecule has 0 heterocycles. The van der Waals surface area contributed by atoms with Crippen LogP contribution in [0, 0.1) is 12.8 Å². The molecule has 0 spiro atoms. The van der Waals surface area contributed by atoms with Crippen LogP contribution in [-0.2, 0) is 0 Å². The summed E-state index contributed by atoms with van der Waals surface area (Å²) < 4.78 is 1.15. The Balaban J connectivity index is 2.24. The van der Waals surface area contributed by atoms with E-state index in [1.54, 1.807) is 0 Å². The number of hydrogen-bond donors (Lipinski definition) is 1. The monoisotopic (exact) mass is 317 g/mol. The van der Waals surface area contributed by atoms with Gasteiger partial charge in [-0.1, -0.05) is 60.1 Å². The number of anilines is 1. The van der Waals surface area contributed by atoms with E-state index in [0.29, 0.717) is 12.0 Å². The van der Waals surface area contributed by atoms with Gasteiger partial charge in [-0.2, -0.15) is 0 Å². The zero-order valence-corrected chi connectivity index (χ0v) is 13.2. The lowest BCUT2D eigenvalue weighted by molar-refractivity contribution is 0.546. The van der Waals surface area contributed by atoms with Gasteiger partial charge in [0.15, 0.2) is 0 Å². The van der Waals surface area contributed by atoms with Gasteiger partial charge in [0, 0.05) is 10.2 Å². The summed E-state index contributed by atoms with van der Waals surface area (Å²) in [4.78, 5) is 0. The minimum atomic E-state index is 0.335. The largest absolute Gasteiger partial charge is 0.378 e. The number of aryl methyl sites for hydroxylation is 1. The third-order valence-electron chi connectivity index (χ3n) is 3.31. The molecule has 1 N–H and O–H groups in total. The van der Waals surface area contributed by atoms with E-state index in [4.69, 9.17) is 0 Å². The lowest BCUT2D eigenvalue weighted by atomic mass is 9.95. The van der Waals surface area contributed by atoms with Crippen molar-refractivity contribution in [2.45, 2.75) is 26.8 Å². The summed E-state index contributed by atoms with van der Waals surface area (Å²) >= 11 is 3.54. The molecule has 2 rings (SSSR count). The standard InChI is InChI=1S/C17H20BrN/c1-12(2)17(14-7-5-4-6-8-14)19-15-9-10-16(18)13(3)11-15/h4-12,17,19H,1-3H3. The molecule has 0 aromatic heterocycles. The Hall–Kier alpha value is -1.28. The Morgan fingerprint density at radius 1 is 1.00 bits per heavy atom. The van der Waals surface area contributed by atoms with Crippen molar-refractivity contribution in [3.05, 3.63) is 64.1 Å². The molecule has 0 aliphatic carbocycles. The number of nitrogens with one attached hydrogen (secondary N) is 1. The van der Waals surface area contributed by atoms with Crippen LogP contribution in [0.3, 0.4) is 0 Å². The molecule has 2 aromatic carbocycles. The summed E-state index contributed by atoms with van der Waals surface area (Å²) in [5.41, 5.74) is 3.75. The van der Waals surface area contributed by atoms with Gasteiger partial charge in [0.25, 0.3) is 0 Å². The Morgan fingerprint density at radius 3 is 2.26 bits per heavy atom. The maximum absolute atomic E-state index is 3.64. The number of hydrogen-bond acceptors (Lipinski definition) is 1. The van der Waals surface area contributed by atoms with E-state index < -0.39 is 0 Å². The van der Waals surface area contributed by atoms with Crippen molar-refractivity contribution in [2.24, 2.45) is 5.92 Å². The summed E-state index contributed by atoms with van der Waals surface area (Å²) in [6.45, 7) is 6.61. The fourth-order valence-corrected chi connectivity index (χ4v) is 2.46. The quantitative estimate of drug-likeness (QED) is 0.777. The molecule has 0 amide bonds. The molecule has 0 aliphatic heterocycles. The predicted octanol–water partition coefficient (Wildman–Crippen LogP) is 5.57. The molecule has 1 unspecified atom stereocenters. The summed E-state index contributed by atoms with van der Waals surface area (Å²) in [6, 6.07) is 17.4. The molecule has 19 heavy (non-hydrogen) atoms. The van der Waals surface area contributed by atoms with Crippen LogP contribution in [0.25, 0.3) is 0 Å². The van der Waals surface area contributed by atoms with Crippen molar-refractivity contribution >= 4 is 21.6 Å². The first kappa shape index (κ1) is 14.1. The summed E-state index contributed by atoms with van der Waals surface area (Å²) in [5.74, 6) is 0.534. The lowest BCUT2D eigenvalue weighted by Gasteiger charge is -2.24. The van der Waals surface area contributed by atoms with Gasteiger partial charge in [-0.05, 0) is 42.2 Å². The van der Waals surface area contributed by atoms with Gasteiger partial charge >= 0.3 is 0 Å². The van der Waals surface area contributed by atoms with Gasteiger partial charge in [0.1, 0.15) is 0 Å². The third kappa shape index (κ3) is 3.60. The van der Waals surface area contributed by atoms with Gasteiger partial charge in [-0.15, -0.1) is 0 Å². The van der Waals surface area contributed by atoms with Crippen molar-refractivity contribution in [3.63, 3.8) is 0 Å². The molecule has 2 aromatic rings. The van der Waals surface area contributed by atoms with Gasteiger partial charge in [0.2, 0.25) is 0 Å². The van der Waals surface area contributed by atoms with Gasteiger partial charge in [-0.25, -0.2) is 0 Å². The van der Waals surface area contributed by atoms with Crippen molar-refractivity contribution < 1.29 is 0 Å². The highest BCUT2D eigenvalue weighted by atomic mass is 79.9. The van der Waals surface area contributed by atoms with E-state index in [1.165, 1.54) is 16.8 Å². The first-order valence-electron chi connectivity index (χ1n) is 6.65. The van der Waals surface area contributed by atoms with Crippen LogP contribution in [0.15, 0.2) is 53.0 Å². The Labute approximate surface area is 124 Å². The molecule has 0 saturated carbocycles. The Kier molecular flexibility index (Phi) is 4.65. The minimum absolute atomic E-state index is 0.335. The van der Waals surface area contributed by atoms with E-state index >= 15 is 0 Å². The predicted molar refractivity (Wildman–Crippen MR) is 86.5 cm³/mol. The van der Waals surface area contributed by atoms with Crippen LogP contribution in [0.4, 0.5) is 5.69 Å². The van der Waals surface area contributed by atoms with E-state index in [9.17, 15) is 0 Å². The maximum Gasteiger partial charge on any atom is 0.0536 e. The molecule has 2 heteroatoms. The van der Waals surface area contributed by atoms with Crippen molar-refractivity contribution in [1.82, 2.24) is 0 Å². The Morgan fingerprint density at radius 2 is 1.68 bits per heavy atom. The van der Waals surface area contributed by atoms with Gasteiger partial charge < -0.3 is 5.32 Å². The summed E-state index contributed by atoms with van der Waals surface area (Å²) in [7, 11) is 0. The third-order valence-corrected chi connectivity index (χ3v) is 4.20. The van der Waals surface area contributed by atoms with Crippen LogP contribution < -0.4 is 5.32 Å².